The van der Waals surface area contributed by atoms with Gasteiger partial charge in [-0.1, -0.05) is 41.5 Å². The molecule has 0 aromatic rings. The van der Waals surface area contributed by atoms with Gasteiger partial charge in [0.1, 0.15) is 0 Å². The van der Waals surface area contributed by atoms with E-state index in [1.54, 1.807) is 20.8 Å². The number of carbonyl (C=O) groups excluding carboxylic acids is 2. The molecule has 0 rings (SSSR count). The van der Waals surface area contributed by atoms with Gasteiger partial charge in [-0.25, -0.2) is 4.79 Å². The van der Waals surface area contributed by atoms with Gasteiger partial charge in [-0.3, -0.25) is 14.5 Å². The Morgan fingerprint density at radius 3 is 1.43 bits per heavy atom. The van der Waals surface area contributed by atoms with Gasteiger partial charge in [0.2, 0.25) is 11.8 Å². The number of carboxylic acid groups (broad SMARTS) is 1. The van der Waals surface area contributed by atoms with Crippen molar-refractivity contribution < 1.29 is 19.5 Å². The maximum atomic E-state index is 12.2. The van der Waals surface area contributed by atoms with Crippen LogP contribution in [0, 0.1) is 10.8 Å². The Kier molecular flexibility index (Phi) is 5.69. The average molecular weight is 317 g/mol. The molecule has 122 valence electrons. The third-order valence-corrected chi connectivity index (χ3v) is 4.82. The third kappa shape index (κ3) is 3.42. The van der Waals surface area contributed by atoms with Crippen LogP contribution < -0.4 is 0 Å². The van der Waals surface area contributed by atoms with Gasteiger partial charge in [0.25, 0.3) is 0 Å². The zero-order valence-electron chi connectivity index (χ0n) is 14.1. The number of hydrogen-bond acceptors (Lipinski definition) is 4. The van der Waals surface area contributed by atoms with Gasteiger partial charge in [0.05, 0.1) is 0 Å². The molecule has 5 nitrogen and oxygen atoms in total. The molecule has 2 atom stereocenters. The Bertz CT molecular complexity index is 434. The molecule has 0 radical (unpaired) electrons. The van der Waals surface area contributed by atoms with Crippen LogP contribution in [0.4, 0.5) is 0 Å². The molecule has 0 spiro atoms. The highest BCUT2D eigenvalue weighted by molar-refractivity contribution is 7.81. The van der Waals surface area contributed by atoms with Gasteiger partial charge in [0.15, 0.2) is 5.54 Å². The van der Waals surface area contributed by atoms with Gasteiger partial charge in [-0.05, 0) is 10.8 Å². The lowest BCUT2D eigenvalue weighted by molar-refractivity contribution is -0.175. The molecule has 6 heteroatoms. The first-order valence-corrected chi connectivity index (χ1v) is 7.36. The summed E-state index contributed by atoms with van der Waals surface area (Å²) in [6.45, 7) is 13.0. The van der Waals surface area contributed by atoms with Crippen LogP contribution in [0.3, 0.4) is 0 Å². The normalized spacial score (nSPS) is 16.8. The lowest BCUT2D eigenvalue weighted by Gasteiger charge is -2.53. The number of aliphatic carboxylic acids is 1. The van der Waals surface area contributed by atoms with Crippen LogP contribution in [0.1, 0.15) is 55.4 Å². The Balaban J connectivity index is 6.68. The monoisotopic (exact) mass is 317 g/mol. The predicted molar refractivity (Wildman–Crippen MR) is 85.3 cm³/mol. The summed E-state index contributed by atoms with van der Waals surface area (Å²) in [4.78, 5) is 37.1. The maximum absolute atomic E-state index is 12.2. The Morgan fingerprint density at radius 1 is 0.952 bits per heavy atom. The van der Waals surface area contributed by atoms with Crippen molar-refractivity contribution in [1.29, 1.82) is 0 Å². The molecule has 0 saturated heterocycles. The van der Waals surface area contributed by atoms with E-state index in [-0.39, 0.29) is 0 Å². The molecular formula is C15H27NO4S. The Morgan fingerprint density at radius 2 is 1.29 bits per heavy atom. The van der Waals surface area contributed by atoms with Gasteiger partial charge in [-0.2, -0.15) is 12.6 Å². The van der Waals surface area contributed by atoms with Crippen LogP contribution in [-0.4, -0.2) is 38.6 Å². The van der Waals surface area contributed by atoms with E-state index in [0.717, 1.165) is 4.90 Å². The zero-order chi connectivity index (χ0) is 17.4. The van der Waals surface area contributed by atoms with Crippen LogP contribution in [-0.2, 0) is 14.4 Å². The molecule has 0 aliphatic carbocycles. The fraction of sp³-hybridized carbons (Fsp3) is 0.800. The molecule has 2 unspecified atom stereocenters. The van der Waals surface area contributed by atoms with Crippen molar-refractivity contribution in [2.45, 2.75) is 66.2 Å². The number of rotatable bonds is 3. The fourth-order valence-corrected chi connectivity index (χ4v) is 3.36. The van der Waals surface area contributed by atoms with Crippen LogP contribution >= 0.6 is 12.6 Å². The summed E-state index contributed by atoms with van der Waals surface area (Å²) in [5.74, 6) is -2.42. The molecule has 0 bridgehead atoms. The van der Waals surface area contributed by atoms with Crippen molar-refractivity contribution >= 4 is 30.4 Å². The summed E-state index contributed by atoms with van der Waals surface area (Å²) in [6, 6.07) is 0. The van der Waals surface area contributed by atoms with Crippen LogP contribution in [0.5, 0.6) is 0 Å². The molecule has 0 aromatic heterocycles. The number of carboxylic acids is 1. The number of amides is 2. The second-order valence-corrected chi connectivity index (χ2v) is 7.98. The molecule has 21 heavy (non-hydrogen) atoms. The molecule has 0 fully saturated rings. The molecule has 0 aliphatic rings. The minimum Gasteiger partial charge on any atom is -0.479 e. The summed E-state index contributed by atoms with van der Waals surface area (Å²) in [5, 5.41) is 9.23. The van der Waals surface area contributed by atoms with Crippen LogP contribution in [0.15, 0.2) is 0 Å². The molecule has 0 saturated carbocycles. The van der Waals surface area contributed by atoms with E-state index in [1.165, 1.54) is 13.8 Å². The van der Waals surface area contributed by atoms with Crippen LogP contribution in [0.25, 0.3) is 0 Å². The highest BCUT2D eigenvalue weighted by atomic mass is 32.1. The lowest BCUT2D eigenvalue weighted by atomic mass is 9.64. The molecule has 0 aromatic carbocycles. The van der Waals surface area contributed by atoms with Crippen molar-refractivity contribution in [3.8, 4) is 0 Å². The number of nitrogens with zero attached hydrogens (tertiary/aromatic N) is 1. The zero-order valence-corrected chi connectivity index (χ0v) is 15.0. The quantitative estimate of drug-likeness (QED) is 0.785. The maximum Gasteiger partial charge on any atom is 0.331 e. The van der Waals surface area contributed by atoms with E-state index < -0.39 is 39.4 Å². The number of imide groups is 1. The summed E-state index contributed by atoms with van der Waals surface area (Å²) in [7, 11) is 0. The predicted octanol–water partition coefficient (Wildman–Crippen LogP) is 2.60. The van der Waals surface area contributed by atoms with E-state index in [9.17, 15) is 19.5 Å². The minimum absolute atomic E-state index is 0.530. The lowest BCUT2D eigenvalue weighted by Crippen LogP contribution is -2.71. The van der Waals surface area contributed by atoms with Gasteiger partial charge < -0.3 is 5.11 Å². The smallest absolute Gasteiger partial charge is 0.331 e. The first-order valence-electron chi connectivity index (χ1n) is 6.84. The molecule has 0 aliphatic heterocycles. The van der Waals surface area contributed by atoms with E-state index >= 15 is 0 Å². The molecule has 0 heterocycles. The summed E-state index contributed by atoms with van der Waals surface area (Å²) in [6.07, 6.45) is 0. The van der Waals surface area contributed by atoms with E-state index in [4.69, 9.17) is 0 Å². The number of thiol groups is 1. The Hall–Kier alpha value is -1.04. The second-order valence-electron chi connectivity index (χ2n) is 7.46. The third-order valence-electron chi connectivity index (χ3n) is 3.67. The number of hydrogen-bond donors (Lipinski definition) is 2. The van der Waals surface area contributed by atoms with Crippen molar-refractivity contribution in [2.75, 3.05) is 0 Å². The summed E-state index contributed by atoms with van der Waals surface area (Å²) in [5.41, 5.74) is -3.17. The van der Waals surface area contributed by atoms with Crippen molar-refractivity contribution in [3.63, 3.8) is 0 Å². The second kappa shape index (κ2) is 5.99. The topological polar surface area (TPSA) is 74.7 Å². The minimum atomic E-state index is -1.74. The Labute approximate surface area is 132 Å². The van der Waals surface area contributed by atoms with Crippen LogP contribution in [0.2, 0.25) is 0 Å². The highest BCUT2D eigenvalue weighted by Crippen LogP contribution is 2.47. The van der Waals surface area contributed by atoms with E-state index in [0.29, 0.717) is 0 Å². The van der Waals surface area contributed by atoms with Crippen molar-refractivity contribution in [1.82, 2.24) is 4.90 Å². The van der Waals surface area contributed by atoms with Crippen molar-refractivity contribution in [3.05, 3.63) is 0 Å². The standard InChI is InChI=1S/C15H27NO4S/c1-9(17)16(10(2)18)15(12(19)20,14(6,7)8)11(21)13(3,4)5/h11,21H,1-8H3,(H,19,20). The van der Waals surface area contributed by atoms with Gasteiger partial charge in [-0.15, -0.1) is 0 Å². The highest BCUT2D eigenvalue weighted by Gasteiger charge is 2.62. The largest absolute Gasteiger partial charge is 0.479 e. The van der Waals surface area contributed by atoms with Gasteiger partial charge >= 0.3 is 5.97 Å². The van der Waals surface area contributed by atoms with E-state index in [1.807, 2.05) is 20.8 Å². The number of carbonyl (C=O) groups is 3. The average Bonchev–Trinajstić information content (AvgIpc) is 2.19. The van der Waals surface area contributed by atoms with E-state index in [2.05, 4.69) is 12.6 Å². The molecular weight excluding hydrogens is 290 g/mol. The first kappa shape index (κ1) is 20.0. The summed E-state index contributed by atoms with van der Waals surface area (Å²) < 4.78 is 0. The molecule has 1 N–H and O–H groups in total. The van der Waals surface area contributed by atoms with Gasteiger partial charge in [0, 0.05) is 19.1 Å². The SMILES string of the molecule is CC(=O)N(C(C)=O)C(C(=O)O)(C(S)C(C)(C)C)C(C)(C)C. The van der Waals surface area contributed by atoms with Crippen molar-refractivity contribution in [2.24, 2.45) is 10.8 Å². The first-order chi connectivity index (χ1) is 9.11. The summed E-state index contributed by atoms with van der Waals surface area (Å²) >= 11 is 4.53. The fourth-order valence-electron chi connectivity index (χ4n) is 2.75. The molecule has 2 amide bonds.